The highest BCUT2D eigenvalue weighted by Gasteiger charge is 2.13. The second-order valence-electron chi connectivity index (χ2n) is 5.65. The minimum Gasteiger partial charge on any atom is -0.310 e. The zero-order valence-electron chi connectivity index (χ0n) is 13.0. The van der Waals surface area contributed by atoms with Gasteiger partial charge in [-0.2, -0.15) is 5.10 Å². The van der Waals surface area contributed by atoms with E-state index in [-0.39, 0.29) is 0 Å². The molecule has 3 nitrogen and oxygen atoms in total. The average Bonchev–Trinajstić information content (AvgIpc) is 2.79. The van der Waals surface area contributed by atoms with E-state index in [2.05, 4.69) is 55.6 Å². The van der Waals surface area contributed by atoms with Crippen LogP contribution in [0.4, 0.5) is 0 Å². The first-order chi connectivity index (χ1) is 9.58. The summed E-state index contributed by atoms with van der Waals surface area (Å²) in [6.07, 6.45) is 6.19. The smallest absolute Gasteiger partial charge is 0.0522 e. The molecule has 1 unspecified atom stereocenters. The van der Waals surface area contributed by atoms with E-state index < -0.39 is 0 Å². The van der Waals surface area contributed by atoms with Crippen LogP contribution >= 0.6 is 0 Å². The van der Waals surface area contributed by atoms with Crippen molar-refractivity contribution in [2.75, 3.05) is 6.54 Å². The van der Waals surface area contributed by atoms with Crippen molar-refractivity contribution in [2.45, 2.75) is 39.7 Å². The largest absolute Gasteiger partial charge is 0.310 e. The number of aryl methyl sites for hydroxylation is 3. The Labute approximate surface area is 122 Å². The summed E-state index contributed by atoms with van der Waals surface area (Å²) >= 11 is 0. The third-order valence-corrected chi connectivity index (χ3v) is 3.49. The van der Waals surface area contributed by atoms with Gasteiger partial charge in [-0.15, -0.1) is 0 Å². The Hall–Kier alpha value is -1.61. The Morgan fingerprint density at radius 1 is 1.20 bits per heavy atom. The van der Waals surface area contributed by atoms with Crippen LogP contribution in [0.25, 0.3) is 0 Å². The first-order valence-corrected chi connectivity index (χ1v) is 7.37. The average molecular weight is 271 g/mol. The van der Waals surface area contributed by atoms with Crippen molar-refractivity contribution in [2.24, 2.45) is 7.05 Å². The van der Waals surface area contributed by atoms with E-state index in [0.29, 0.717) is 6.04 Å². The first kappa shape index (κ1) is 14.8. The molecule has 0 aliphatic rings. The molecule has 2 aromatic rings. The quantitative estimate of drug-likeness (QED) is 0.873. The van der Waals surface area contributed by atoms with Gasteiger partial charge in [0.15, 0.2) is 0 Å². The van der Waals surface area contributed by atoms with E-state index in [0.717, 1.165) is 19.4 Å². The van der Waals surface area contributed by atoms with Gasteiger partial charge in [-0.1, -0.05) is 36.2 Å². The molecule has 0 saturated carbocycles. The molecule has 1 atom stereocenters. The summed E-state index contributed by atoms with van der Waals surface area (Å²) in [4.78, 5) is 0. The van der Waals surface area contributed by atoms with Crippen molar-refractivity contribution in [3.63, 3.8) is 0 Å². The lowest BCUT2D eigenvalue weighted by atomic mass is 9.97. The van der Waals surface area contributed by atoms with E-state index in [4.69, 9.17) is 0 Å². The molecule has 2 rings (SSSR count). The van der Waals surface area contributed by atoms with Gasteiger partial charge in [0.1, 0.15) is 0 Å². The molecule has 0 bridgehead atoms. The van der Waals surface area contributed by atoms with Crippen LogP contribution in [0.1, 0.15) is 41.6 Å². The van der Waals surface area contributed by atoms with Crippen LogP contribution in [-0.4, -0.2) is 16.3 Å². The molecule has 0 saturated heterocycles. The molecule has 0 amide bonds. The van der Waals surface area contributed by atoms with Crippen LogP contribution in [0.5, 0.6) is 0 Å². The topological polar surface area (TPSA) is 29.9 Å². The number of rotatable bonds is 6. The molecule has 20 heavy (non-hydrogen) atoms. The monoisotopic (exact) mass is 271 g/mol. The fourth-order valence-electron chi connectivity index (χ4n) is 2.65. The van der Waals surface area contributed by atoms with Crippen molar-refractivity contribution in [1.82, 2.24) is 15.1 Å². The molecule has 1 aromatic carbocycles. The van der Waals surface area contributed by atoms with Gasteiger partial charge in [-0.25, -0.2) is 0 Å². The fraction of sp³-hybridized carbons (Fsp3) is 0.471. The molecule has 0 aliphatic carbocycles. The molecule has 0 aliphatic heterocycles. The second kappa shape index (κ2) is 6.71. The molecular formula is C17H25N3. The summed E-state index contributed by atoms with van der Waals surface area (Å²) < 4.78 is 1.87. The lowest BCUT2D eigenvalue weighted by Crippen LogP contribution is -2.24. The van der Waals surface area contributed by atoms with Crippen molar-refractivity contribution < 1.29 is 0 Å². The molecule has 108 valence electrons. The van der Waals surface area contributed by atoms with E-state index in [1.165, 1.54) is 22.3 Å². The third-order valence-electron chi connectivity index (χ3n) is 3.49. The van der Waals surface area contributed by atoms with Gasteiger partial charge < -0.3 is 5.32 Å². The predicted octanol–water partition coefficient (Wildman–Crippen LogP) is 3.32. The van der Waals surface area contributed by atoms with Gasteiger partial charge in [0.05, 0.1) is 6.20 Å². The van der Waals surface area contributed by atoms with Gasteiger partial charge in [0.2, 0.25) is 0 Å². The Bertz CT molecular complexity index is 537. The minimum absolute atomic E-state index is 0.359. The zero-order valence-corrected chi connectivity index (χ0v) is 13.0. The maximum Gasteiger partial charge on any atom is 0.0522 e. The van der Waals surface area contributed by atoms with Crippen LogP contribution in [0.3, 0.4) is 0 Å². The Balaban J connectivity index is 2.21. The number of benzene rings is 1. The van der Waals surface area contributed by atoms with Crippen molar-refractivity contribution in [3.8, 4) is 0 Å². The highest BCUT2D eigenvalue weighted by Crippen LogP contribution is 2.21. The normalized spacial score (nSPS) is 12.6. The summed E-state index contributed by atoms with van der Waals surface area (Å²) in [5.41, 5.74) is 5.31. The summed E-state index contributed by atoms with van der Waals surface area (Å²) in [6.45, 7) is 7.57. The zero-order chi connectivity index (χ0) is 14.5. The van der Waals surface area contributed by atoms with E-state index >= 15 is 0 Å². The number of nitrogens with one attached hydrogen (secondary N) is 1. The lowest BCUT2D eigenvalue weighted by Gasteiger charge is -2.19. The predicted molar refractivity (Wildman–Crippen MR) is 83.9 cm³/mol. The number of nitrogens with zero attached hydrogens (tertiary/aromatic N) is 2. The Morgan fingerprint density at radius 2 is 1.90 bits per heavy atom. The van der Waals surface area contributed by atoms with Gasteiger partial charge in [-0.3, -0.25) is 4.68 Å². The van der Waals surface area contributed by atoms with Crippen molar-refractivity contribution in [3.05, 3.63) is 52.8 Å². The van der Waals surface area contributed by atoms with Crippen LogP contribution in [0.2, 0.25) is 0 Å². The molecule has 1 N–H and O–H groups in total. The number of aromatic nitrogens is 2. The highest BCUT2D eigenvalue weighted by atomic mass is 15.2. The van der Waals surface area contributed by atoms with Crippen molar-refractivity contribution in [1.29, 1.82) is 0 Å². The summed E-state index contributed by atoms with van der Waals surface area (Å²) in [6, 6.07) is 7.16. The molecule has 0 radical (unpaired) electrons. The molecule has 0 fully saturated rings. The Morgan fingerprint density at radius 3 is 2.45 bits per heavy atom. The highest BCUT2D eigenvalue weighted by molar-refractivity contribution is 5.31. The molecular weight excluding hydrogens is 246 g/mol. The third kappa shape index (κ3) is 3.94. The van der Waals surface area contributed by atoms with E-state index in [9.17, 15) is 0 Å². The molecule has 1 aromatic heterocycles. The SMILES string of the molecule is CCCNC(Cc1cnn(C)c1)c1cc(C)cc(C)c1. The van der Waals surface area contributed by atoms with E-state index in [1.54, 1.807) is 0 Å². The van der Waals surface area contributed by atoms with Crippen LogP contribution in [-0.2, 0) is 13.5 Å². The van der Waals surface area contributed by atoms with Gasteiger partial charge in [0.25, 0.3) is 0 Å². The molecule has 1 heterocycles. The fourth-order valence-corrected chi connectivity index (χ4v) is 2.65. The van der Waals surface area contributed by atoms with Gasteiger partial charge >= 0.3 is 0 Å². The summed E-state index contributed by atoms with van der Waals surface area (Å²) in [7, 11) is 1.97. The lowest BCUT2D eigenvalue weighted by molar-refractivity contribution is 0.528. The molecule has 3 heteroatoms. The molecule has 0 spiro atoms. The standard InChI is InChI=1S/C17H25N3/c1-5-6-18-17(10-15-11-19-20(4)12-15)16-8-13(2)7-14(3)9-16/h7-9,11-12,17-18H,5-6,10H2,1-4H3. The Kier molecular flexibility index (Phi) is 4.96. The second-order valence-corrected chi connectivity index (χ2v) is 5.65. The maximum absolute atomic E-state index is 4.27. The van der Waals surface area contributed by atoms with E-state index in [1.807, 2.05) is 17.9 Å². The first-order valence-electron chi connectivity index (χ1n) is 7.37. The van der Waals surface area contributed by atoms with Crippen molar-refractivity contribution >= 4 is 0 Å². The maximum atomic E-state index is 4.27. The van der Waals surface area contributed by atoms with Gasteiger partial charge in [-0.05, 0) is 44.4 Å². The van der Waals surface area contributed by atoms with Crippen LogP contribution in [0, 0.1) is 13.8 Å². The minimum atomic E-state index is 0.359. The van der Waals surface area contributed by atoms with Crippen LogP contribution < -0.4 is 5.32 Å². The number of hydrogen-bond acceptors (Lipinski definition) is 2. The summed E-state index contributed by atoms with van der Waals surface area (Å²) in [5.74, 6) is 0. The van der Waals surface area contributed by atoms with Crippen LogP contribution in [0.15, 0.2) is 30.6 Å². The summed E-state index contributed by atoms with van der Waals surface area (Å²) in [5, 5.41) is 7.93. The van der Waals surface area contributed by atoms with Gasteiger partial charge in [0, 0.05) is 19.3 Å². The number of hydrogen-bond donors (Lipinski definition) is 1.